The number of hydrogen-bond donors (Lipinski definition) is 2. The predicted octanol–water partition coefficient (Wildman–Crippen LogP) is 0.761. The van der Waals surface area contributed by atoms with Gasteiger partial charge < -0.3 is 5.73 Å². The van der Waals surface area contributed by atoms with Crippen LogP contribution in [0.25, 0.3) is 0 Å². The Labute approximate surface area is 92.2 Å². The third-order valence-corrected chi connectivity index (χ3v) is 4.55. The van der Waals surface area contributed by atoms with Crippen molar-refractivity contribution in [2.75, 3.05) is 6.54 Å². The zero-order valence-corrected chi connectivity index (χ0v) is 10.6. The largest absolute Gasteiger partial charge is 0.388 e. The van der Waals surface area contributed by atoms with E-state index in [0.29, 0.717) is 0 Å². The average Bonchev–Trinajstić information content (AvgIpc) is 2.01. The van der Waals surface area contributed by atoms with E-state index >= 15 is 0 Å². The van der Waals surface area contributed by atoms with Crippen LogP contribution in [0.15, 0.2) is 0 Å². The highest BCUT2D eigenvalue weighted by molar-refractivity contribution is 7.89. The summed E-state index contributed by atoms with van der Waals surface area (Å²) in [5.74, 6) is 0.0135. The van der Waals surface area contributed by atoms with Gasteiger partial charge in [0.2, 0.25) is 10.0 Å². The zero-order valence-electron chi connectivity index (χ0n) is 9.82. The van der Waals surface area contributed by atoms with E-state index in [1.54, 1.807) is 13.8 Å². The molecule has 0 saturated heterocycles. The minimum atomic E-state index is -3.25. The highest BCUT2D eigenvalue weighted by Crippen LogP contribution is 2.13. The van der Waals surface area contributed by atoms with Gasteiger partial charge in [-0.25, -0.2) is 8.42 Å². The summed E-state index contributed by atoms with van der Waals surface area (Å²) in [5, 5.41) is 6.66. The molecule has 0 spiro atoms. The van der Waals surface area contributed by atoms with Gasteiger partial charge in [-0.05, 0) is 27.7 Å². The summed E-state index contributed by atoms with van der Waals surface area (Å²) in [5.41, 5.74) is 5.22. The highest BCUT2D eigenvalue weighted by Gasteiger charge is 2.27. The fraction of sp³-hybridized carbons (Fsp3) is 0.889. The Kier molecular flexibility index (Phi) is 5.23. The van der Waals surface area contributed by atoms with Crippen molar-refractivity contribution in [3.8, 4) is 0 Å². The molecule has 0 aromatic carbocycles. The van der Waals surface area contributed by atoms with Gasteiger partial charge in [-0.15, -0.1) is 0 Å². The maximum absolute atomic E-state index is 11.9. The first-order valence-electron chi connectivity index (χ1n) is 5.03. The number of nitrogens with two attached hydrogens (primary N) is 1. The van der Waals surface area contributed by atoms with Crippen molar-refractivity contribution in [2.24, 2.45) is 5.73 Å². The van der Waals surface area contributed by atoms with E-state index in [1.165, 1.54) is 4.31 Å². The molecule has 0 rings (SSSR count). The number of amidine groups is 1. The van der Waals surface area contributed by atoms with Gasteiger partial charge in [0.15, 0.2) is 0 Å². The Balaban J connectivity index is 4.75. The second-order valence-corrected chi connectivity index (χ2v) is 6.52. The SMILES string of the molecule is CC(C)N(CCC(=N)N)S(=O)(=O)C(C)C. The lowest BCUT2D eigenvalue weighted by molar-refractivity contribution is 0.358. The average molecular weight is 235 g/mol. The van der Waals surface area contributed by atoms with Crippen molar-refractivity contribution in [1.82, 2.24) is 4.31 Å². The van der Waals surface area contributed by atoms with Crippen LogP contribution < -0.4 is 5.73 Å². The van der Waals surface area contributed by atoms with E-state index in [0.717, 1.165) is 0 Å². The minimum absolute atomic E-state index is 0.0135. The molecule has 0 saturated carbocycles. The smallest absolute Gasteiger partial charge is 0.216 e. The Morgan fingerprint density at radius 3 is 2.07 bits per heavy atom. The van der Waals surface area contributed by atoms with Crippen molar-refractivity contribution in [2.45, 2.75) is 45.4 Å². The normalized spacial score (nSPS) is 12.7. The number of nitrogens with one attached hydrogen (secondary N) is 1. The van der Waals surface area contributed by atoms with Crippen LogP contribution in [0.2, 0.25) is 0 Å². The molecule has 0 aliphatic heterocycles. The summed E-state index contributed by atoms with van der Waals surface area (Å²) >= 11 is 0. The van der Waals surface area contributed by atoms with E-state index in [2.05, 4.69) is 0 Å². The molecule has 0 heterocycles. The van der Waals surface area contributed by atoms with Gasteiger partial charge >= 0.3 is 0 Å². The summed E-state index contributed by atoms with van der Waals surface area (Å²) in [6.45, 7) is 7.23. The molecule has 3 N–H and O–H groups in total. The van der Waals surface area contributed by atoms with Gasteiger partial charge in [0.1, 0.15) is 0 Å². The van der Waals surface area contributed by atoms with Crippen LogP contribution in [0.4, 0.5) is 0 Å². The lowest BCUT2D eigenvalue weighted by atomic mass is 10.3. The summed E-state index contributed by atoms with van der Waals surface area (Å²) in [6.07, 6.45) is 0.282. The molecule has 0 atom stereocenters. The van der Waals surface area contributed by atoms with Crippen LogP contribution in [0.1, 0.15) is 34.1 Å². The van der Waals surface area contributed by atoms with Crippen molar-refractivity contribution in [1.29, 1.82) is 5.41 Å². The van der Waals surface area contributed by atoms with Crippen molar-refractivity contribution < 1.29 is 8.42 Å². The Morgan fingerprint density at radius 2 is 1.80 bits per heavy atom. The molecule has 0 unspecified atom stereocenters. The van der Waals surface area contributed by atoms with Gasteiger partial charge in [0, 0.05) is 19.0 Å². The molecule has 0 radical (unpaired) electrons. The first kappa shape index (κ1) is 14.4. The second-order valence-electron chi connectivity index (χ2n) is 4.07. The molecule has 0 amide bonds. The molecular formula is C9H21N3O2S. The highest BCUT2D eigenvalue weighted by atomic mass is 32.2. The summed E-state index contributed by atoms with van der Waals surface area (Å²) < 4.78 is 25.2. The molecule has 0 aliphatic rings. The predicted molar refractivity (Wildman–Crippen MR) is 62.4 cm³/mol. The van der Waals surface area contributed by atoms with Gasteiger partial charge in [0.25, 0.3) is 0 Å². The number of rotatable bonds is 6. The minimum Gasteiger partial charge on any atom is -0.388 e. The standard InChI is InChI=1S/C9H21N3O2S/c1-7(2)12(6-5-9(10)11)15(13,14)8(3)4/h7-8H,5-6H2,1-4H3,(H3,10,11). The molecule has 0 aromatic heterocycles. The van der Waals surface area contributed by atoms with Crippen LogP contribution in [0.3, 0.4) is 0 Å². The summed E-state index contributed by atoms with van der Waals surface area (Å²) in [4.78, 5) is 0. The van der Waals surface area contributed by atoms with Crippen LogP contribution in [0.5, 0.6) is 0 Å². The Bertz CT molecular complexity index is 309. The van der Waals surface area contributed by atoms with Gasteiger partial charge in [0.05, 0.1) is 11.1 Å². The molecule has 6 heteroatoms. The molecule has 90 valence electrons. The maximum atomic E-state index is 11.9. The van der Waals surface area contributed by atoms with Crippen molar-refractivity contribution in [3.05, 3.63) is 0 Å². The summed E-state index contributed by atoms with van der Waals surface area (Å²) in [6, 6.07) is -0.100. The van der Waals surface area contributed by atoms with Crippen LogP contribution in [-0.2, 0) is 10.0 Å². The van der Waals surface area contributed by atoms with Crippen LogP contribution in [-0.4, -0.2) is 36.4 Å². The molecule has 0 aromatic rings. The van der Waals surface area contributed by atoms with Crippen molar-refractivity contribution >= 4 is 15.9 Å². The van der Waals surface area contributed by atoms with E-state index in [9.17, 15) is 8.42 Å². The van der Waals surface area contributed by atoms with E-state index in [4.69, 9.17) is 11.1 Å². The number of nitrogens with zero attached hydrogens (tertiary/aromatic N) is 1. The lowest BCUT2D eigenvalue weighted by Gasteiger charge is -2.27. The van der Waals surface area contributed by atoms with Gasteiger partial charge in [-0.1, -0.05) is 0 Å². The zero-order chi connectivity index (χ0) is 12.2. The van der Waals surface area contributed by atoms with Crippen LogP contribution in [0, 0.1) is 5.41 Å². The Hall–Kier alpha value is -0.620. The number of hydrogen-bond acceptors (Lipinski definition) is 3. The van der Waals surface area contributed by atoms with E-state index in [1.807, 2.05) is 13.8 Å². The van der Waals surface area contributed by atoms with E-state index in [-0.39, 0.29) is 24.8 Å². The third kappa shape index (κ3) is 4.17. The topological polar surface area (TPSA) is 87.2 Å². The quantitative estimate of drug-likeness (QED) is 0.526. The first-order chi connectivity index (χ1) is 6.69. The second kappa shape index (κ2) is 5.46. The van der Waals surface area contributed by atoms with Crippen LogP contribution >= 0.6 is 0 Å². The maximum Gasteiger partial charge on any atom is 0.216 e. The molecular weight excluding hydrogens is 214 g/mol. The third-order valence-electron chi connectivity index (χ3n) is 2.10. The molecule has 0 fully saturated rings. The lowest BCUT2D eigenvalue weighted by Crippen LogP contribution is -2.42. The van der Waals surface area contributed by atoms with Gasteiger partial charge in [-0.3, -0.25) is 5.41 Å². The van der Waals surface area contributed by atoms with E-state index < -0.39 is 15.3 Å². The molecule has 15 heavy (non-hydrogen) atoms. The number of sulfonamides is 1. The first-order valence-corrected chi connectivity index (χ1v) is 6.53. The monoisotopic (exact) mass is 235 g/mol. The fourth-order valence-electron chi connectivity index (χ4n) is 1.18. The molecule has 0 aliphatic carbocycles. The fourth-order valence-corrected chi connectivity index (χ4v) is 2.66. The summed E-state index contributed by atoms with van der Waals surface area (Å²) in [7, 11) is -3.25. The van der Waals surface area contributed by atoms with Crippen molar-refractivity contribution in [3.63, 3.8) is 0 Å². The molecule has 0 bridgehead atoms. The van der Waals surface area contributed by atoms with Gasteiger partial charge in [-0.2, -0.15) is 4.31 Å². The molecule has 5 nitrogen and oxygen atoms in total. The Morgan fingerprint density at radius 1 is 1.33 bits per heavy atom.